The number of aromatic nitrogens is 1. The van der Waals surface area contributed by atoms with Crippen LogP contribution in [0.1, 0.15) is 0 Å². The molecule has 0 atom stereocenters. The highest BCUT2D eigenvalue weighted by molar-refractivity contribution is 4.92. The summed E-state index contributed by atoms with van der Waals surface area (Å²) in [5.41, 5.74) is 8.34. The van der Waals surface area contributed by atoms with Gasteiger partial charge in [-0.1, -0.05) is 0 Å². The molecule has 0 bridgehead atoms. The molecule has 0 unspecified atom stereocenters. The van der Waals surface area contributed by atoms with Crippen molar-refractivity contribution in [2.45, 2.75) is 0 Å². The van der Waals surface area contributed by atoms with Crippen molar-refractivity contribution in [1.82, 2.24) is 4.68 Å². The zero-order chi connectivity index (χ0) is 6.53. The van der Waals surface area contributed by atoms with Gasteiger partial charge >= 0.3 is 0 Å². The third-order valence-electron chi connectivity index (χ3n) is 1.04. The Morgan fingerprint density at radius 3 is 2.56 bits per heavy atom. The lowest BCUT2D eigenvalue weighted by Gasteiger charge is -2.03. The van der Waals surface area contributed by atoms with Gasteiger partial charge < -0.3 is 11.2 Å². The minimum absolute atomic E-state index is 0.665. The van der Waals surface area contributed by atoms with E-state index in [1.807, 2.05) is 29.2 Å². The summed E-state index contributed by atoms with van der Waals surface area (Å²) in [6, 6.07) is 3.92. The number of nitrogens with zero attached hydrogens (tertiary/aromatic N) is 1. The smallest absolute Gasteiger partial charge is 0.0436 e. The average Bonchev–Trinajstić information content (AvgIpc) is 2.34. The largest absolute Gasteiger partial charge is 0.329 e. The van der Waals surface area contributed by atoms with Crippen LogP contribution in [0.5, 0.6) is 0 Å². The van der Waals surface area contributed by atoms with Crippen LogP contribution in [0.25, 0.3) is 0 Å². The Morgan fingerprint density at radius 2 is 2.00 bits per heavy atom. The molecule has 0 aliphatic rings. The van der Waals surface area contributed by atoms with E-state index in [0.717, 1.165) is 6.54 Å². The van der Waals surface area contributed by atoms with Gasteiger partial charge in [0.25, 0.3) is 0 Å². The minimum Gasteiger partial charge on any atom is -0.329 e. The quantitative estimate of drug-likeness (QED) is 0.596. The standard InChI is InChI=1S/C6H11N3/c7-3-4-8-9-5-1-2-6-9/h1-2,5-6,8H,3-4,7H2. The first-order chi connectivity index (χ1) is 4.43. The summed E-state index contributed by atoms with van der Waals surface area (Å²) in [5.74, 6) is 0. The van der Waals surface area contributed by atoms with Gasteiger partial charge in [-0.05, 0) is 12.1 Å². The van der Waals surface area contributed by atoms with Gasteiger partial charge in [0.15, 0.2) is 0 Å². The molecular formula is C6H11N3. The first kappa shape index (κ1) is 6.16. The lowest BCUT2D eigenvalue weighted by molar-refractivity contribution is 0.834. The summed E-state index contributed by atoms with van der Waals surface area (Å²) in [4.78, 5) is 0. The van der Waals surface area contributed by atoms with Crippen LogP contribution in [0.15, 0.2) is 24.5 Å². The lowest BCUT2D eigenvalue weighted by atomic mass is 10.7. The Morgan fingerprint density at radius 1 is 1.33 bits per heavy atom. The van der Waals surface area contributed by atoms with E-state index in [9.17, 15) is 0 Å². The molecule has 1 aromatic rings. The maximum atomic E-state index is 5.27. The summed E-state index contributed by atoms with van der Waals surface area (Å²) in [6.07, 6.45) is 3.88. The molecule has 1 aromatic heterocycles. The summed E-state index contributed by atoms with van der Waals surface area (Å²) in [6.45, 7) is 1.48. The molecule has 1 rings (SSSR count). The molecule has 0 saturated carbocycles. The molecule has 3 heteroatoms. The molecule has 0 aromatic carbocycles. The molecule has 9 heavy (non-hydrogen) atoms. The number of nitrogens with one attached hydrogen (secondary N) is 1. The van der Waals surface area contributed by atoms with Crippen molar-refractivity contribution in [2.75, 3.05) is 18.5 Å². The van der Waals surface area contributed by atoms with Crippen LogP contribution in [0, 0.1) is 0 Å². The predicted molar refractivity (Wildman–Crippen MR) is 37.7 cm³/mol. The van der Waals surface area contributed by atoms with Gasteiger partial charge in [0, 0.05) is 25.5 Å². The molecule has 0 aliphatic carbocycles. The maximum Gasteiger partial charge on any atom is 0.0436 e. The Hall–Kier alpha value is -0.960. The van der Waals surface area contributed by atoms with Crippen LogP contribution in [0.4, 0.5) is 0 Å². The lowest BCUT2D eigenvalue weighted by Crippen LogP contribution is -2.20. The van der Waals surface area contributed by atoms with Crippen LogP contribution >= 0.6 is 0 Å². The highest BCUT2D eigenvalue weighted by atomic mass is 15.4. The number of nitrogens with two attached hydrogens (primary N) is 1. The fourth-order valence-corrected chi connectivity index (χ4v) is 0.634. The Bertz CT molecular complexity index is 145. The van der Waals surface area contributed by atoms with Gasteiger partial charge in [-0.15, -0.1) is 0 Å². The number of rotatable bonds is 3. The fourth-order valence-electron chi connectivity index (χ4n) is 0.634. The number of hydrogen-bond donors (Lipinski definition) is 2. The van der Waals surface area contributed by atoms with E-state index < -0.39 is 0 Å². The van der Waals surface area contributed by atoms with Crippen molar-refractivity contribution >= 4 is 0 Å². The monoisotopic (exact) mass is 125 g/mol. The van der Waals surface area contributed by atoms with Gasteiger partial charge in [0.2, 0.25) is 0 Å². The highest BCUT2D eigenvalue weighted by Crippen LogP contribution is 1.82. The Labute approximate surface area is 54.4 Å². The molecule has 50 valence electrons. The molecule has 0 aliphatic heterocycles. The molecule has 0 fully saturated rings. The molecule has 0 amide bonds. The first-order valence-corrected chi connectivity index (χ1v) is 3.00. The van der Waals surface area contributed by atoms with Gasteiger partial charge in [0.05, 0.1) is 0 Å². The van der Waals surface area contributed by atoms with Crippen LogP contribution in [0.2, 0.25) is 0 Å². The van der Waals surface area contributed by atoms with Crippen molar-refractivity contribution in [2.24, 2.45) is 5.73 Å². The number of hydrogen-bond acceptors (Lipinski definition) is 2. The van der Waals surface area contributed by atoms with E-state index in [0.29, 0.717) is 6.54 Å². The zero-order valence-electron chi connectivity index (χ0n) is 5.25. The minimum atomic E-state index is 0.665. The summed E-state index contributed by atoms with van der Waals surface area (Å²) >= 11 is 0. The van der Waals surface area contributed by atoms with E-state index in [1.165, 1.54) is 0 Å². The molecule has 1 heterocycles. The first-order valence-electron chi connectivity index (χ1n) is 3.00. The van der Waals surface area contributed by atoms with Crippen LogP contribution in [-0.2, 0) is 0 Å². The molecule has 3 nitrogen and oxygen atoms in total. The van der Waals surface area contributed by atoms with Crippen LogP contribution in [-0.4, -0.2) is 17.8 Å². The van der Waals surface area contributed by atoms with Gasteiger partial charge in [-0.3, -0.25) is 4.68 Å². The van der Waals surface area contributed by atoms with Crippen LogP contribution in [0.3, 0.4) is 0 Å². The Balaban J connectivity index is 2.30. The Kier molecular flexibility index (Phi) is 2.15. The topological polar surface area (TPSA) is 43.0 Å². The highest BCUT2D eigenvalue weighted by Gasteiger charge is 1.81. The zero-order valence-corrected chi connectivity index (χ0v) is 5.25. The van der Waals surface area contributed by atoms with Crippen molar-refractivity contribution in [3.8, 4) is 0 Å². The van der Waals surface area contributed by atoms with E-state index in [-0.39, 0.29) is 0 Å². The summed E-state index contributed by atoms with van der Waals surface area (Å²) in [7, 11) is 0. The van der Waals surface area contributed by atoms with Gasteiger partial charge in [-0.25, -0.2) is 0 Å². The molecule has 0 spiro atoms. The van der Waals surface area contributed by atoms with Crippen molar-refractivity contribution in [3.05, 3.63) is 24.5 Å². The van der Waals surface area contributed by atoms with Crippen LogP contribution < -0.4 is 11.2 Å². The van der Waals surface area contributed by atoms with E-state index in [4.69, 9.17) is 5.73 Å². The van der Waals surface area contributed by atoms with Crippen molar-refractivity contribution < 1.29 is 0 Å². The predicted octanol–water partition coefficient (Wildman–Crippen LogP) is -0.00970. The van der Waals surface area contributed by atoms with E-state index in [1.54, 1.807) is 0 Å². The second kappa shape index (κ2) is 3.14. The molecule has 3 N–H and O–H groups in total. The average molecular weight is 125 g/mol. The van der Waals surface area contributed by atoms with Crippen molar-refractivity contribution in [1.29, 1.82) is 0 Å². The molecule has 0 radical (unpaired) electrons. The molecule has 0 saturated heterocycles. The SMILES string of the molecule is NCCNn1cccc1. The summed E-state index contributed by atoms with van der Waals surface area (Å²) in [5, 5.41) is 0. The van der Waals surface area contributed by atoms with Gasteiger partial charge in [0.1, 0.15) is 0 Å². The normalized spacial score (nSPS) is 9.44. The molecular weight excluding hydrogens is 114 g/mol. The maximum absolute atomic E-state index is 5.27. The van der Waals surface area contributed by atoms with E-state index >= 15 is 0 Å². The second-order valence-corrected chi connectivity index (χ2v) is 1.79. The second-order valence-electron chi connectivity index (χ2n) is 1.79. The summed E-state index contributed by atoms with van der Waals surface area (Å²) < 4.78 is 1.88. The van der Waals surface area contributed by atoms with Gasteiger partial charge in [-0.2, -0.15) is 0 Å². The van der Waals surface area contributed by atoms with Crippen molar-refractivity contribution in [3.63, 3.8) is 0 Å². The fraction of sp³-hybridized carbons (Fsp3) is 0.333. The third kappa shape index (κ3) is 1.77. The van der Waals surface area contributed by atoms with E-state index in [2.05, 4.69) is 5.43 Å². The third-order valence-corrected chi connectivity index (χ3v) is 1.04.